The second-order valence-electron chi connectivity index (χ2n) is 6.75. The highest BCUT2D eigenvalue weighted by molar-refractivity contribution is 4.50. The lowest BCUT2D eigenvalue weighted by molar-refractivity contribution is 0.127. The van der Waals surface area contributed by atoms with Crippen LogP contribution < -0.4 is 11.1 Å². The first-order valence-electron chi connectivity index (χ1n) is 10.4. The minimum Gasteiger partial charge on any atom is -0.381 e. The van der Waals surface area contributed by atoms with E-state index >= 15 is 0 Å². The zero-order valence-electron chi connectivity index (χ0n) is 15.9. The molecular weight excluding hydrogens is 284 g/mol. The fourth-order valence-corrected chi connectivity index (χ4v) is 2.80. The molecule has 0 saturated carbocycles. The Hall–Kier alpha value is -0.120. The van der Waals surface area contributed by atoms with Crippen LogP contribution in [0.25, 0.3) is 0 Å². The third-order valence-electron chi connectivity index (χ3n) is 4.34. The number of rotatable bonds is 20. The molecule has 0 atom stereocenters. The first-order valence-corrected chi connectivity index (χ1v) is 10.4. The highest BCUT2D eigenvalue weighted by Gasteiger charge is 1.94. The summed E-state index contributed by atoms with van der Waals surface area (Å²) in [5, 5.41) is 3.38. The monoisotopic (exact) mass is 328 g/mol. The van der Waals surface area contributed by atoms with Gasteiger partial charge in [0.05, 0.1) is 0 Å². The van der Waals surface area contributed by atoms with Crippen LogP contribution in [0.3, 0.4) is 0 Å². The van der Waals surface area contributed by atoms with Crippen molar-refractivity contribution in [1.82, 2.24) is 5.32 Å². The molecule has 0 bridgehead atoms. The summed E-state index contributed by atoms with van der Waals surface area (Å²) in [6.07, 6.45) is 19.0. The van der Waals surface area contributed by atoms with Crippen molar-refractivity contribution in [3.8, 4) is 0 Å². The summed E-state index contributed by atoms with van der Waals surface area (Å²) in [4.78, 5) is 0. The zero-order chi connectivity index (χ0) is 16.8. The van der Waals surface area contributed by atoms with E-state index in [1.807, 2.05) is 0 Å². The van der Waals surface area contributed by atoms with Crippen LogP contribution in [0, 0.1) is 0 Å². The summed E-state index contributed by atoms with van der Waals surface area (Å²) in [6.45, 7) is 7.00. The van der Waals surface area contributed by atoms with Crippen molar-refractivity contribution in [2.75, 3.05) is 32.8 Å². The first kappa shape index (κ1) is 22.9. The van der Waals surface area contributed by atoms with Gasteiger partial charge in [0, 0.05) is 13.2 Å². The molecule has 0 aliphatic heterocycles. The Labute approximate surface area is 146 Å². The molecule has 0 spiro atoms. The average molecular weight is 329 g/mol. The van der Waals surface area contributed by atoms with Crippen LogP contribution in [0.2, 0.25) is 0 Å². The van der Waals surface area contributed by atoms with Crippen molar-refractivity contribution in [2.45, 2.75) is 96.8 Å². The Kier molecular flexibility index (Phi) is 21.8. The Morgan fingerprint density at radius 2 is 1.09 bits per heavy atom. The summed E-state index contributed by atoms with van der Waals surface area (Å²) < 4.78 is 5.67. The third kappa shape index (κ3) is 21.9. The molecule has 3 heteroatoms. The molecule has 3 nitrogen and oxygen atoms in total. The topological polar surface area (TPSA) is 47.3 Å². The van der Waals surface area contributed by atoms with E-state index in [2.05, 4.69) is 12.2 Å². The molecule has 0 saturated heterocycles. The average Bonchev–Trinajstić information content (AvgIpc) is 2.57. The minimum absolute atomic E-state index is 0.780. The molecule has 0 amide bonds. The van der Waals surface area contributed by atoms with E-state index in [-0.39, 0.29) is 0 Å². The van der Waals surface area contributed by atoms with E-state index in [0.717, 1.165) is 45.7 Å². The van der Waals surface area contributed by atoms with E-state index in [0.29, 0.717) is 0 Å². The summed E-state index contributed by atoms with van der Waals surface area (Å²) in [5.41, 5.74) is 5.44. The van der Waals surface area contributed by atoms with Crippen LogP contribution in [-0.2, 0) is 4.74 Å². The van der Waals surface area contributed by atoms with Crippen molar-refractivity contribution in [3.05, 3.63) is 0 Å². The van der Waals surface area contributed by atoms with E-state index in [1.165, 1.54) is 77.0 Å². The number of nitrogens with two attached hydrogens (primary N) is 1. The van der Waals surface area contributed by atoms with Crippen LogP contribution in [0.4, 0.5) is 0 Å². The molecule has 0 aliphatic rings. The summed E-state index contributed by atoms with van der Waals surface area (Å²) in [6, 6.07) is 0. The van der Waals surface area contributed by atoms with E-state index in [1.54, 1.807) is 0 Å². The highest BCUT2D eigenvalue weighted by Crippen LogP contribution is 2.11. The Balaban J connectivity index is 2.92. The maximum Gasteiger partial charge on any atom is 0.0478 e. The van der Waals surface area contributed by atoms with Gasteiger partial charge in [0.2, 0.25) is 0 Å². The molecule has 0 heterocycles. The van der Waals surface area contributed by atoms with Gasteiger partial charge in [0.1, 0.15) is 0 Å². The Morgan fingerprint density at radius 1 is 0.609 bits per heavy atom. The van der Waals surface area contributed by atoms with Crippen LogP contribution >= 0.6 is 0 Å². The molecule has 0 aromatic heterocycles. The lowest BCUT2D eigenvalue weighted by Crippen LogP contribution is -2.20. The maximum absolute atomic E-state index is 5.67. The van der Waals surface area contributed by atoms with Gasteiger partial charge in [-0.3, -0.25) is 0 Å². The molecule has 23 heavy (non-hydrogen) atoms. The fraction of sp³-hybridized carbons (Fsp3) is 1.00. The Morgan fingerprint density at radius 3 is 1.65 bits per heavy atom. The quantitative estimate of drug-likeness (QED) is 0.308. The van der Waals surface area contributed by atoms with E-state index < -0.39 is 0 Å². The number of hydrogen-bond acceptors (Lipinski definition) is 3. The van der Waals surface area contributed by atoms with E-state index in [4.69, 9.17) is 10.5 Å². The summed E-state index contributed by atoms with van der Waals surface area (Å²) >= 11 is 0. The van der Waals surface area contributed by atoms with Gasteiger partial charge in [-0.15, -0.1) is 0 Å². The molecule has 3 N–H and O–H groups in total. The number of nitrogens with one attached hydrogen (secondary N) is 1. The molecule has 0 rings (SSSR count). The van der Waals surface area contributed by atoms with Gasteiger partial charge < -0.3 is 15.8 Å². The molecule has 0 aromatic rings. The second-order valence-corrected chi connectivity index (χ2v) is 6.75. The molecule has 0 aromatic carbocycles. The molecule has 0 unspecified atom stereocenters. The lowest BCUT2D eigenvalue weighted by Gasteiger charge is -2.06. The normalized spacial score (nSPS) is 11.2. The molecule has 0 fully saturated rings. The second kappa shape index (κ2) is 21.9. The first-order chi connectivity index (χ1) is 11.4. The summed E-state index contributed by atoms with van der Waals surface area (Å²) in [5.74, 6) is 0. The standard InChI is InChI=1S/C20H44N2O/c1-2-3-4-5-6-7-8-9-10-11-12-13-19-23-20-15-18-22-17-14-16-21/h22H,2-21H2,1H3. The number of hydrogen-bond donors (Lipinski definition) is 2. The Bertz CT molecular complexity index is 180. The molecule has 0 aliphatic carbocycles. The van der Waals surface area contributed by atoms with Crippen LogP contribution in [0.15, 0.2) is 0 Å². The van der Waals surface area contributed by atoms with Crippen LogP contribution in [-0.4, -0.2) is 32.8 Å². The fourth-order valence-electron chi connectivity index (χ4n) is 2.80. The van der Waals surface area contributed by atoms with Crippen molar-refractivity contribution >= 4 is 0 Å². The van der Waals surface area contributed by atoms with Gasteiger partial charge in [0.25, 0.3) is 0 Å². The van der Waals surface area contributed by atoms with Gasteiger partial charge in [-0.25, -0.2) is 0 Å². The van der Waals surface area contributed by atoms with Crippen molar-refractivity contribution in [3.63, 3.8) is 0 Å². The molecule has 0 radical (unpaired) electrons. The van der Waals surface area contributed by atoms with Crippen molar-refractivity contribution < 1.29 is 4.74 Å². The van der Waals surface area contributed by atoms with Crippen LogP contribution in [0.1, 0.15) is 96.8 Å². The number of unbranched alkanes of at least 4 members (excludes halogenated alkanes) is 11. The molecule has 140 valence electrons. The van der Waals surface area contributed by atoms with Crippen LogP contribution in [0.5, 0.6) is 0 Å². The van der Waals surface area contributed by atoms with Crippen molar-refractivity contribution in [1.29, 1.82) is 0 Å². The predicted octanol–water partition coefficient (Wildman–Crippen LogP) is 5.03. The SMILES string of the molecule is CCCCCCCCCCCCCCOCCCNCCCN. The van der Waals surface area contributed by atoms with E-state index in [9.17, 15) is 0 Å². The lowest BCUT2D eigenvalue weighted by atomic mass is 10.1. The summed E-state index contributed by atoms with van der Waals surface area (Å²) in [7, 11) is 0. The van der Waals surface area contributed by atoms with Gasteiger partial charge in [-0.2, -0.15) is 0 Å². The largest absolute Gasteiger partial charge is 0.381 e. The predicted molar refractivity (Wildman–Crippen MR) is 103 cm³/mol. The van der Waals surface area contributed by atoms with Gasteiger partial charge in [-0.1, -0.05) is 77.6 Å². The van der Waals surface area contributed by atoms with Gasteiger partial charge in [0.15, 0.2) is 0 Å². The van der Waals surface area contributed by atoms with Crippen molar-refractivity contribution in [2.24, 2.45) is 5.73 Å². The molecular formula is C20H44N2O. The van der Waals surface area contributed by atoms with Gasteiger partial charge in [-0.05, 0) is 38.9 Å². The number of ether oxygens (including phenoxy) is 1. The smallest absolute Gasteiger partial charge is 0.0478 e. The maximum atomic E-state index is 5.67. The minimum atomic E-state index is 0.780. The third-order valence-corrected chi connectivity index (χ3v) is 4.34. The highest BCUT2D eigenvalue weighted by atomic mass is 16.5. The van der Waals surface area contributed by atoms with Gasteiger partial charge >= 0.3 is 0 Å². The zero-order valence-corrected chi connectivity index (χ0v) is 15.9.